The number of fused-ring (bicyclic) bond motifs is 10. The van der Waals surface area contributed by atoms with Gasteiger partial charge < -0.3 is 4.74 Å². The Morgan fingerprint density at radius 2 is 1.15 bits per heavy atom. The summed E-state index contributed by atoms with van der Waals surface area (Å²) in [7, 11) is 0. The van der Waals surface area contributed by atoms with Crippen molar-refractivity contribution in [2.24, 2.45) is 0 Å². The van der Waals surface area contributed by atoms with Gasteiger partial charge in [0.05, 0.1) is 11.4 Å². The van der Waals surface area contributed by atoms with E-state index >= 15 is 0 Å². The maximum atomic E-state index is 6.90. The third kappa shape index (κ3) is 5.58. The van der Waals surface area contributed by atoms with Crippen molar-refractivity contribution in [3.8, 4) is 34.3 Å². The van der Waals surface area contributed by atoms with Crippen LogP contribution in [0.5, 0.6) is 11.8 Å². The molecular weight excluding hydrogens is 818 g/mol. The smallest absolute Gasteiger partial charge is 0.421 e. The van der Waals surface area contributed by atoms with Gasteiger partial charge in [0.2, 0.25) is 11.8 Å². The average molecular weight is 845 g/mol. The number of pyridine rings is 1. The van der Waals surface area contributed by atoms with E-state index in [-0.39, 0.29) is 21.1 Å². The topological polar surface area (TPSA) is 47.9 Å². The first-order valence-electron chi connectivity index (χ1n) is 16.9. The largest absolute Gasteiger partial charge is 2.00 e. The second-order valence-corrected chi connectivity index (χ2v) is 12.7. The third-order valence-corrected chi connectivity index (χ3v) is 9.59. The Bertz CT molecular complexity index is 3000. The fourth-order valence-electron chi connectivity index (χ4n) is 7.07. The zero-order valence-corrected chi connectivity index (χ0v) is 29.9. The van der Waals surface area contributed by atoms with Crippen LogP contribution < -0.4 is 4.74 Å². The minimum absolute atomic E-state index is 0. The van der Waals surface area contributed by atoms with Crippen molar-refractivity contribution in [3.63, 3.8) is 0 Å². The minimum Gasteiger partial charge on any atom is -0.421 e. The molecule has 10 rings (SSSR count). The van der Waals surface area contributed by atoms with E-state index in [1.165, 1.54) is 5.39 Å². The van der Waals surface area contributed by atoms with Crippen molar-refractivity contribution in [3.05, 3.63) is 176 Å². The van der Waals surface area contributed by atoms with E-state index in [2.05, 4.69) is 115 Å². The van der Waals surface area contributed by atoms with Gasteiger partial charge >= 0.3 is 21.1 Å². The maximum absolute atomic E-state index is 6.90. The van der Waals surface area contributed by atoms with Gasteiger partial charge in [-0.05, 0) is 67.0 Å². The average Bonchev–Trinajstić information content (AvgIpc) is 3.20. The standard InChI is InChI=1S/C47H27N3O.Pt/c1-3-11-30(12-4-1)43-29-48-45(32-13-5-2-6-14-32)50-47(43)51-46-40-22-10-21-39-36-19-8-17-34(26-36)33-16-7-18-35(25-33)38-20-9-15-31-23-24-37(27-41(31)38)44(49-46)28-42(39)40;/h1-13,15-23,25-29H;/q-2;+2. The zero-order valence-electron chi connectivity index (χ0n) is 27.7. The first-order valence-corrected chi connectivity index (χ1v) is 16.9. The molecule has 8 aromatic carbocycles. The first kappa shape index (κ1) is 31.7. The third-order valence-electron chi connectivity index (χ3n) is 9.59. The van der Waals surface area contributed by atoms with E-state index in [9.17, 15) is 0 Å². The molecule has 2 heterocycles. The quantitative estimate of drug-likeness (QED) is 0.166. The van der Waals surface area contributed by atoms with E-state index < -0.39 is 0 Å². The zero-order chi connectivity index (χ0) is 33.7. The van der Waals surface area contributed by atoms with Gasteiger partial charge in [0.25, 0.3) is 0 Å². The van der Waals surface area contributed by atoms with Crippen LogP contribution in [0.25, 0.3) is 87.3 Å². The summed E-state index contributed by atoms with van der Waals surface area (Å²) in [4.78, 5) is 15.0. The molecule has 10 aromatic rings. The molecule has 4 nitrogen and oxygen atoms in total. The molecule has 0 saturated carbocycles. The number of hydrogen-bond donors (Lipinski definition) is 0. The van der Waals surface area contributed by atoms with Crippen LogP contribution >= 0.6 is 0 Å². The van der Waals surface area contributed by atoms with E-state index in [0.717, 1.165) is 76.1 Å². The summed E-state index contributed by atoms with van der Waals surface area (Å²) in [6, 6.07) is 61.3. The summed E-state index contributed by atoms with van der Waals surface area (Å²) in [5.74, 6) is 1.40. The van der Waals surface area contributed by atoms with E-state index in [1.54, 1.807) is 0 Å². The Morgan fingerprint density at radius 1 is 0.481 bits per heavy atom. The van der Waals surface area contributed by atoms with Gasteiger partial charge in [0, 0.05) is 11.6 Å². The number of rotatable bonds is 4. The molecule has 52 heavy (non-hydrogen) atoms. The molecule has 0 aliphatic carbocycles. The van der Waals surface area contributed by atoms with Crippen molar-refractivity contribution in [2.45, 2.75) is 0 Å². The normalized spacial score (nSPS) is 11.3. The fourth-order valence-corrected chi connectivity index (χ4v) is 7.07. The molecule has 0 radical (unpaired) electrons. The molecule has 246 valence electrons. The number of ether oxygens (including phenoxy) is 1. The van der Waals surface area contributed by atoms with Gasteiger partial charge in [-0.2, -0.15) is 0 Å². The molecule has 0 saturated heterocycles. The van der Waals surface area contributed by atoms with Crippen molar-refractivity contribution in [1.82, 2.24) is 15.0 Å². The summed E-state index contributed by atoms with van der Waals surface area (Å²) in [5, 5.41) is 11.9. The Labute approximate surface area is 314 Å². The van der Waals surface area contributed by atoms with Crippen molar-refractivity contribution in [1.29, 1.82) is 0 Å². The van der Waals surface area contributed by atoms with Crippen molar-refractivity contribution >= 4 is 64.8 Å². The SMILES string of the molecule is [Pt+2].[c-]1ccccc1-c1ncc(-c2ccccc2)c(Oc2nc3cc4c2cccc4c2cccc(c2)c2cccc(c2)c2cccc4c[c-]c3cc42)n1. The predicted octanol–water partition coefficient (Wildman–Crippen LogP) is 12.1. The van der Waals surface area contributed by atoms with Gasteiger partial charge in [-0.1, -0.05) is 114 Å². The second-order valence-electron chi connectivity index (χ2n) is 12.7. The monoisotopic (exact) mass is 844 g/mol. The summed E-state index contributed by atoms with van der Waals surface area (Å²) in [5.41, 5.74) is 3.26. The molecule has 0 fully saturated rings. The number of nitrogens with zero attached hydrogens (tertiary/aromatic N) is 3. The molecule has 0 amide bonds. The molecule has 0 N–H and O–H groups in total. The van der Waals surface area contributed by atoms with Gasteiger partial charge in [0.1, 0.15) is 0 Å². The predicted molar refractivity (Wildman–Crippen MR) is 209 cm³/mol. The Kier molecular flexibility index (Phi) is 8.03. The van der Waals surface area contributed by atoms with Crippen LogP contribution in [-0.4, -0.2) is 15.0 Å². The maximum Gasteiger partial charge on any atom is 2.00 e. The van der Waals surface area contributed by atoms with Crippen LogP contribution in [0.1, 0.15) is 0 Å². The van der Waals surface area contributed by atoms with Gasteiger partial charge in [0.15, 0.2) is 0 Å². The minimum atomic E-state index is 0. The summed E-state index contributed by atoms with van der Waals surface area (Å²) in [6.45, 7) is 0. The van der Waals surface area contributed by atoms with Crippen LogP contribution in [0.15, 0.2) is 164 Å². The van der Waals surface area contributed by atoms with Crippen molar-refractivity contribution in [2.75, 3.05) is 0 Å². The van der Waals surface area contributed by atoms with E-state index in [4.69, 9.17) is 19.7 Å². The van der Waals surface area contributed by atoms with Crippen LogP contribution in [0.2, 0.25) is 0 Å². The van der Waals surface area contributed by atoms with Crippen molar-refractivity contribution < 1.29 is 25.8 Å². The Morgan fingerprint density at radius 3 is 1.92 bits per heavy atom. The van der Waals surface area contributed by atoms with Gasteiger partial charge in [-0.3, -0.25) is 9.97 Å². The molecule has 8 bridgehead atoms. The number of hydrogen-bond acceptors (Lipinski definition) is 4. The van der Waals surface area contributed by atoms with E-state index in [1.807, 2.05) is 60.8 Å². The first-order chi connectivity index (χ1) is 25.2. The molecule has 0 spiro atoms. The molecule has 0 atom stereocenters. The number of benzene rings is 7. The van der Waals surface area contributed by atoms with Gasteiger partial charge in [-0.15, -0.1) is 59.5 Å². The molecule has 0 aliphatic rings. The summed E-state index contributed by atoms with van der Waals surface area (Å²) in [6.07, 6.45) is 1.82. The number of aromatic nitrogens is 3. The van der Waals surface area contributed by atoms with Gasteiger partial charge in [-0.25, -0.2) is 4.98 Å². The molecular formula is C47H27N3OPt. The Hall–Kier alpha value is -6.22. The summed E-state index contributed by atoms with van der Waals surface area (Å²) < 4.78 is 6.90. The molecule has 0 aliphatic heterocycles. The summed E-state index contributed by atoms with van der Waals surface area (Å²) >= 11 is 0. The molecule has 2 aromatic heterocycles. The van der Waals surface area contributed by atoms with Crippen LogP contribution in [0.4, 0.5) is 0 Å². The molecule has 0 unspecified atom stereocenters. The van der Waals surface area contributed by atoms with Crippen LogP contribution in [0.3, 0.4) is 0 Å². The van der Waals surface area contributed by atoms with Crippen LogP contribution in [0, 0.1) is 12.1 Å². The molecule has 5 heteroatoms. The second kappa shape index (κ2) is 13.2. The van der Waals surface area contributed by atoms with E-state index in [0.29, 0.717) is 17.6 Å². The Balaban J connectivity index is 0.00000360. The van der Waals surface area contributed by atoms with Crippen LogP contribution in [-0.2, 0) is 21.1 Å². The fraction of sp³-hybridized carbons (Fsp3) is 0.